The maximum absolute atomic E-state index is 11.7. The van der Waals surface area contributed by atoms with Crippen LogP contribution in [0.25, 0.3) is 0 Å². The minimum atomic E-state index is -0.213. The topological polar surface area (TPSA) is 57.2 Å². The van der Waals surface area contributed by atoms with E-state index in [1.807, 2.05) is 18.7 Å². The van der Waals surface area contributed by atoms with Gasteiger partial charge in [0, 0.05) is 38.0 Å². The van der Waals surface area contributed by atoms with Gasteiger partial charge in [0.25, 0.3) is 0 Å². The van der Waals surface area contributed by atoms with Gasteiger partial charge in [0.15, 0.2) is 5.96 Å². The van der Waals surface area contributed by atoms with E-state index in [1.165, 1.54) is 0 Å². The van der Waals surface area contributed by atoms with Gasteiger partial charge in [-0.05, 0) is 20.1 Å². The predicted molar refractivity (Wildman–Crippen MR) is 89.1 cm³/mol. The van der Waals surface area contributed by atoms with Crippen LogP contribution in [0, 0.1) is 0 Å². The zero-order chi connectivity index (χ0) is 15.7. The number of ether oxygens (including phenoxy) is 1. The Morgan fingerprint density at radius 3 is 2.43 bits per heavy atom. The highest BCUT2D eigenvalue weighted by atomic mass is 32.2. The van der Waals surface area contributed by atoms with E-state index in [0.717, 1.165) is 32.1 Å². The maximum Gasteiger partial charge on any atom is 0.409 e. The summed E-state index contributed by atoms with van der Waals surface area (Å²) in [6, 6.07) is 0. The minimum Gasteiger partial charge on any atom is -0.450 e. The van der Waals surface area contributed by atoms with Crippen LogP contribution < -0.4 is 5.32 Å². The van der Waals surface area contributed by atoms with Gasteiger partial charge in [-0.15, -0.1) is 0 Å². The number of piperazine rings is 1. The fourth-order valence-electron chi connectivity index (χ4n) is 2.03. The van der Waals surface area contributed by atoms with E-state index in [1.54, 1.807) is 4.90 Å². The fraction of sp³-hybridized carbons (Fsp3) is 0.857. The molecule has 0 aromatic carbocycles. The monoisotopic (exact) mass is 316 g/mol. The third-order valence-corrected chi connectivity index (χ3v) is 4.29. The molecule has 0 radical (unpaired) electrons. The third-order valence-electron chi connectivity index (χ3n) is 3.34. The molecule has 1 heterocycles. The second-order valence-electron chi connectivity index (χ2n) is 4.91. The summed E-state index contributed by atoms with van der Waals surface area (Å²) >= 11 is 1.82. The molecule has 0 aromatic rings. The van der Waals surface area contributed by atoms with Gasteiger partial charge in [0.05, 0.1) is 13.2 Å². The number of nitrogens with one attached hydrogen (secondary N) is 1. The Morgan fingerprint density at radius 1 is 1.29 bits per heavy atom. The Balaban J connectivity index is 2.53. The SMILES string of the molecule is CCNC(=NCC(C)SC)N1CCN(C(=O)OCC)CC1. The molecule has 1 rings (SSSR count). The van der Waals surface area contributed by atoms with Crippen molar-refractivity contribution < 1.29 is 9.53 Å². The summed E-state index contributed by atoms with van der Waals surface area (Å²) < 4.78 is 5.04. The smallest absolute Gasteiger partial charge is 0.409 e. The van der Waals surface area contributed by atoms with Crippen LogP contribution in [0.4, 0.5) is 4.79 Å². The van der Waals surface area contributed by atoms with E-state index in [0.29, 0.717) is 24.9 Å². The molecular formula is C14H28N4O2S. The van der Waals surface area contributed by atoms with Crippen molar-refractivity contribution >= 4 is 23.8 Å². The van der Waals surface area contributed by atoms with Gasteiger partial charge in [-0.25, -0.2) is 4.79 Å². The summed E-state index contributed by atoms with van der Waals surface area (Å²) in [6.45, 7) is 11.1. The molecule has 0 saturated carbocycles. The zero-order valence-electron chi connectivity index (χ0n) is 13.6. The first-order valence-electron chi connectivity index (χ1n) is 7.60. The summed E-state index contributed by atoms with van der Waals surface area (Å²) in [6.07, 6.45) is 1.89. The van der Waals surface area contributed by atoms with Crippen LogP contribution in [-0.2, 0) is 4.74 Å². The standard InChI is InChI=1S/C14H28N4O2S/c1-5-15-13(16-11-12(3)21-4)17-7-9-18(10-8-17)14(19)20-6-2/h12H,5-11H2,1-4H3,(H,15,16). The molecule has 6 nitrogen and oxygen atoms in total. The molecule has 122 valence electrons. The van der Waals surface area contributed by atoms with Crippen LogP contribution in [0.1, 0.15) is 20.8 Å². The highest BCUT2D eigenvalue weighted by Crippen LogP contribution is 2.07. The number of thioether (sulfide) groups is 1. The predicted octanol–water partition coefficient (Wildman–Crippen LogP) is 1.48. The molecule has 0 bridgehead atoms. The first-order valence-corrected chi connectivity index (χ1v) is 8.88. The Morgan fingerprint density at radius 2 is 1.90 bits per heavy atom. The van der Waals surface area contributed by atoms with Crippen LogP contribution in [-0.4, -0.2) is 79.2 Å². The lowest BCUT2D eigenvalue weighted by Gasteiger charge is -2.36. The Labute approximate surface area is 132 Å². The number of carbonyl (C=O) groups excluding carboxylic acids is 1. The number of nitrogens with zero attached hydrogens (tertiary/aromatic N) is 3. The highest BCUT2D eigenvalue weighted by molar-refractivity contribution is 7.99. The van der Waals surface area contributed by atoms with E-state index in [2.05, 4.69) is 30.3 Å². The Kier molecular flexibility index (Phi) is 8.34. The molecule has 1 saturated heterocycles. The van der Waals surface area contributed by atoms with Crippen LogP contribution in [0.15, 0.2) is 4.99 Å². The number of aliphatic imine (C=N–C) groups is 1. The number of hydrogen-bond donors (Lipinski definition) is 1. The van der Waals surface area contributed by atoms with E-state index in [9.17, 15) is 4.79 Å². The lowest BCUT2D eigenvalue weighted by atomic mass is 10.3. The molecule has 1 aliphatic rings. The second kappa shape index (κ2) is 9.76. The summed E-state index contributed by atoms with van der Waals surface area (Å²) in [7, 11) is 0. The molecule has 1 aliphatic heterocycles. The second-order valence-corrected chi connectivity index (χ2v) is 6.19. The van der Waals surface area contributed by atoms with Crippen LogP contribution >= 0.6 is 11.8 Å². The van der Waals surface area contributed by atoms with Gasteiger partial charge < -0.3 is 19.9 Å². The Bertz CT molecular complexity index is 344. The van der Waals surface area contributed by atoms with Crippen molar-refractivity contribution in [1.29, 1.82) is 0 Å². The Hall–Kier alpha value is -1.11. The van der Waals surface area contributed by atoms with Crippen molar-refractivity contribution in [2.24, 2.45) is 4.99 Å². The van der Waals surface area contributed by atoms with Crippen molar-refractivity contribution in [2.75, 3.05) is 52.1 Å². The molecule has 0 spiro atoms. The normalized spacial score (nSPS) is 17.6. The molecule has 0 aromatic heterocycles. The van der Waals surface area contributed by atoms with Crippen LogP contribution in [0.3, 0.4) is 0 Å². The summed E-state index contributed by atoms with van der Waals surface area (Å²) in [5, 5.41) is 3.85. The quantitative estimate of drug-likeness (QED) is 0.615. The lowest BCUT2D eigenvalue weighted by molar-refractivity contribution is 0.0914. The molecular weight excluding hydrogens is 288 g/mol. The van der Waals surface area contributed by atoms with Crippen molar-refractivity contribution in [3.05, 3.63) is 0 Å². The van der Waals surface area contributed by atoms with Crippen molar-refractivity contribution in [1.82, 2.24) is 15.1 Å². The van der Waals surface area contributed by atoms with Gasteiger partial charge >= 0.3 is 6.09 Å². The van der Waals surface area contributed by atoms with E-state index in [-0.39, 0.29) is 6.09 Å². The molecule has 1 fully saturated rings. The fourth-order valence-corrected chi connectivity index (χ4v) is 2.25. The first kappa shape index (κ1) is 17.9. The lowest BCUT2D eigenvalue weighted by Crippen LogP contribution is -2.54. The van der Waals surface area contributed by atoms with Gasteiger partial charge in [0.2, 0.25) is 0 Å². The average Bonchev–Trinajstić information content (AvgIpc) is 2.51. The zero-order valence-corrected chi connectivity index (χ0v) is 14.4. The largest absolute Gasteiger partial charge is 0.450 e. The third kappa shape index (κ3) is 6.03. The van der Waals surface area contributed by atoms with E-state index >= 15 is 0 Å². The number of hydrogen-bond acceptors (Lipinski definition) is 4. The summed E-state index contributed by atoms with van der Waals surface area (Å²) in [5.41, 5.74) is 0. The van der Waals surface area contributed by atoms with Crippen molar-refractivity contribution in [3.8, 4) is 0 Å². The minimum absolute atomic E-state index is 0.213. The maximum atomic E-state index is 11.7. The van der Waals surface area contributed by atoms with Gasteiger partial charge in [0.1, 0.15) is 0 Å². The van der Waals surface area contributed by atoms with E-state index in [4.69, 9.17) is 9.73 Å². The van der Waals surface area contributed by atoms with Gasteiger partial charge in [-0.2, -0.15) is 11.8 Å². The van der Waals surface area contributed by atoms with E-state index < -0.39 is 0 Å². The summed E-state index contributed by atoms with van der Waals surface area (Å²) in [5.74, 6) is 0.946. The number of amides is 1. The average molecular weight is 316 g/mol. The molecule has 21 heavy (non-hydrogen) atoms. The number of rotatable bonds is 5. The molecule has 1 unspecified atom stereocenters. The van der Waals surface area contributed by atoms with Gasteiger partial charge in [-0.1, -0.05) is 6.92 Å². The molecule has 1 amide bonds. The van der Waals surface area contributed by atoms with Crippen LogP contribution in [0.2, 0.25) is 0 Å². The van der Waals surface area contributed by atoms with Crippen LogP contribution in [0.5, 0.6) is 0 Å². The highest BCUT2D eigenvalue weighted by Gasteiger charge is 2.23. The molecule has 1 atom stereocenters. The molecule has 0 aliphatic carbocycles. The first-order chi connectivity index (χ1) is 10.1. The summed E-state index contributed by atoms with van der Waals surface area (Å²) in [4.78, 5) is 20.4. The number of carbonyl (C=O) groups is 1. The van der Waals surface area contributed by atoms with Gasteiger partial charge in [-0.3, -0.25) is 4.99 Å². The molecule has 7 heteroatoms. The van der Waals surface area contributed by atoms with Crippen molar-refractivity contribution in [3.63, 3.8) is 0 Å². The molecule has 1 N–H and O–H groups in total. The number of guanidine groups is 1. The van der Waals surface area contributed by atoms with Crippen molar-refractivity contribution in [2.45, 2.75) is 26.0 Å².